The van der Waals surface area contributed by atoms with Crippen molar-refractivity contribution in [2.45, 2.75) is 12.6 Å². The highest BCUT2D eigenvalue weighted by molar-refractivity contribution is 7.80. The maximum atomic E-state index is 13.7. The fourth-order valence-corrected chi connectivity index (χ4v) is 3.85. The molecule has 186 valence electrons. The molecule has 2 aromatic carbocycles. The van der Waals surface area contributed by atoms with Crippen LogP contribution in [-0.4, -0.2) is 61.3 Å². The number of fused-ring (bicyclic) bond motifs is 1. The van der Waals surface area contributed by atoms with Crippen LogP contribution in [0.1, 0.15) is 17.3 Å². The highest BCUT2D eigenvalue weighted by Gasteiger charge is 2.40. The number of hydrogen-bond acceptors (Lipinski definition) is 7. The van der Waals surface area contributed by atoms with Crippen molar-refractivity contribution in [2.24, 2.45) is 0 Å². The number of alkyl halides is 1. The molecule has 0 unspecified atom stereocenters. The Kier molecular flexibility index (Phi) is 8.79. The number of thiocarbonyl (C=S) groups is 1. The van der Waals surface area contributed by atoms with E-state index in [2.05, 4.69) is 20.6 Å². The predicted molar refractivity (Wildman–Crippen MR) is 139 cm³/mol. The van der Waals surface area contributed by atoms with Crippen molar-refractivity contribution in [1.29, 1.82) is 0 Å². The Bertz CT molecular complexity index is 1220. The van der Waals surface area contributed by atoms with Gasteiger partial charge in [0.05, 0.1) is 49.1 Å². The van der Waals surface area contributed by atoms with Gasteiger partial charge in [-0.05, 0) is 43.4 Å². The summed E-state index contributed by atoms with van der Waals surface area (Å²) >= 11 is 11.7. The molecule has 0 spiro atoms. The van der Waals surface area contributed by atoms with E-state index in [9.17, 15) is 9.18 Å². The van der Waals surface area contributed by atoms with Crippen LogP contribution >= 0.6 is 23.8 Å². The SMILES string of the molecule is CNOC.COc1cc2nccc(Oc3ccc(NC(=S)N4CC(C)(F)C4)c(Cl)c3)c2cc1C=O. The molecule has 8 nitrogen and oxygen atoms in total. The second-order valence-corrected chi connectivity index (χ2v) is 8.68. The minimum Gasteiger partial charge on any atom is -0.496 e. The number of carbonyl (C=O) groups is 1. The monoisotopic (exact) mass is 520 g/mol. The lowest BCUT2D eigenvalue weighted by atomic mass is 10.0. The Hall–Kier alpha value is -3.05. The van der Waals surface area contributed by atoms with Crippen LogP contribution < -0.4 is 20.3 Å². The van der Waals surface area contributed by atoms with E-state index in [-0.39, 0.29) is 13.1 Å². The molecule has 1 aromatic heterocycles. The van der Waals surface area contributed by atoms with Gasteiger partial charge in [-0.1, -0.05) is 11.6 Å². The smallest absolute Gasteiger partial charge is 0.173 e. The molecule has 1 aliphatic heterocycles. The molecular formula is C24H26ClFN4O4S. The summed E-state index contributed by atoms with van der Waals surface area (Å²) in [7, 11) is 4.77. The normalized spacial score (nSPS) is 13.8. The number of nitrogens with zero attached hydrogens (tertiary/aromatic N) is 2. The average molecular weight is 521 g/mol. The summed E-state index contributed by atoms with van der Waals surface area (Å²) in [6.45, 7) is 2.04. The number of aldehydes is 1. The lowest BCUT2D eigenvalue weighted by Gasteiger charge is -2.43. The van der Waals surface area contributed by atoms with Gasteiger partial charge in [-0.15, -0.1) is 0 Å². The van der Waals surface area contributed by atoms with Crippen LogP contribution in [-0.2, 0) is 4.84 Å². The van der Waals surface area contributed by atoms with Crippen molar-refractivity contribution >= 4 is 51.8 Å². The Labute approximate surface area is 213 Å². The summed E-state index contributed by atoms with van der Waals surface area (Å²) in [6, 6.07) is 10.2. The number of hydrogen-bond donors (Lipinski definition) is 2. The number of pyridine rings is 1. The number of aromatic nitrogens is 1. The second kappa shape index (κ2) is 11.6. The van der Waals surface area contributed by atoms with Gasteiger partial charge >= 0.3 is 0 Å². The Balaban J connectivity index is 0.000000795. The summed E-state index contributed by atoms with van der Waals surface area (Å²) in [6.07, 6.45) is 2.33. The third-order valence-corrected chi connectivity index (χ3v) is 5.80. The maximum absolute atomic E-state index is 13.7. The van der Waals surface area contributed by atoms with Gasteiger partial charge in [-0.25, -0.2) is 9.87 Å². The van der Waals surface area contributed by atoms with Crippen molar-refractivity contribution in [3.63, 3.8) is 0 Å². The molecule has 35 heavy (non-hydrogen) atoms. The average Bonchev–Trinajstić information content (AvgIpc) is 2.83. The van der Waals surface area contributed by atoms with Crippen molar-refractivity contribution in [3.8, 4) is 17.2 Å². The first-order chi connectivity index (χ1) is 16.7. The summed E-state index contributed by atoms with van der Waals surface area (Å²) in [5.74, 6) is 1.46. The van der Waals surface area contributed by atoms with E-state index >= 15 is 0 Å². The van der Waals surface area contributed by atoms with Crippen LogP contribution in [0.15, 0.2) is 42.6 Å². The van der Waals surface area contributed by atoms with E-state index in [4.69, 9.17) is 33.3 Å². The topological polar surface area (TPSA) is 84.9 Å². The lowest BCUT2D eigenvalue weighted by molar-refractivity contribution is 0.0322. The number of ether oxygens (including phenoxy) is 2. The zero-order valence-electron chi connectivity index (χ0n) is 19.7. The third kappa shape index (κ3) is 6.55. The molecule has 11 heteroatoms. The minimum atomic E-state index is -1.21. The van der Waals surface area contributed by atoms with Gasteiger partial charge in [-0.3, -0.25) is 9.78 Å². The fraction of sp³-hybridized carbons (Fsp3) is 0.292. The molecular weight excluding hydrogens is 495 g/mol. The van der Waals surface area contributed by atoms with Gasteiger partial charge < -0.3 is 24.5 Å². The zero-order chi connectivity index (χ0) is 25.6. The molecule has 2 N–H and O–H groups in total. The van der Waals surface area contributed by atoms with E-state index < -0.39 is 5.67 Å². The first-order valence-electron chi connectivity index (χ1n) is 10.5. The molecule has 0 amide bonds. The number of halogens is 2. The van der Waals surface area contributed by atoms with E-state index in [1.54, 1.807) is 68.6 Å². The molecule has 0 bridgehead atoms. The van der Waals surface area contributed by atoms with Crippen molar-refractivity contribution < 1.29 is 23.5 Å². The molecule has 0 aliphatic carbocycles. The molecule has 0 atom stereocenters. The van der Waals surface area contributed by atoms with Crippen LogP contribution in [0.25, 0.3) is 10.9 Å². The number of anilines is 1. The Morgan fingerprint density at radius 3 is 2.51 bits per heavy atom. The third-order valence-electron chi connectivity index (χ3n) is 5.12. The number of likely N-dealkylation sites (tertiary alicyclic amines) is 1. The first kappa shape index (κ1) is 26.6. The summed E-state index contributed by atoms with van der Waals surface area (Å²) in [4.78, 5) is 21.7. The predicted octanol–water partition coefficient (Wildman–Crippen LogP) is 5.01. The van der Waals surface area contributed by atoms with Gasteiger partial charge in [-0.2, -0.15) is 0 Å². The van der Waals surface area contributed by atoms with E-state index in [1.807, 2.05) is 0 Å². The van der Waals surface area contributed by atoms with Crippen molar-refractivity contribution in [2.75, 3.05) is 39.7 Å². The van der Waals surface area contributed by atoms with E-state index in [0.717, 1.165) is 6.29 Å². The number of methoxy groups -OCH3 is 1. The Morgan fingerprint density at radius 1 is 1.23 bits per heavy atom. The van der Waals surface area contributed by atoms with Gasteiger partial charge in [0.1, 0.15) is 22.9 Å². The second-order valence-electron chi connectivity index (χ2n) is 7.89. The van der Waals surface area contributed by atoms with Crippen LogP contribution in [0, 0.1) is 0 Å². The summed E-state index contributed by atoms with van der Waals surface area (Å²) in [5, 5.41) is 4.52. The zero-order valence-corrected chi connectivity index (χ0v) is 21.3. The Morgan fingerprint density at radius 2 is 1.94 bits per heavy atom. The first-order valence-corrected chi connectivity index (χ1v) is 11.3. The minimum absolute atomic E-state index is 0.250. The highest BCUT2D eigenvalue weighted by atomic mass is 35.5. The van der Waals surface area contributed by atoms with Gasteiger partial charge in [0.2, 0.25) is 0 Å². The molecule has 1 aliphatic rings. The lowest BCUT2D eigenvalue weighted by Crippen LogP contribution is -2.60. The fourth-order valence-electron chi connectivity index (χ4n) is 3.40. The summed E-state index contributed by atoms with van der Waals surface area (Å²) < 4.78 is 24.9. The number of rotatable bonds is 6. The van der Waals surface area contributed by atoms with Crippen LogP contribution in [0.3, 0.4) is 0 Å². The number of nitrogens with one attached hydrogen (secondary N) is 2. The molecule has 4 rings (SSSR count). The van der Waals surface area contributed by atoms with E-state index in [1.165, 1.54) is 7.11 Å². The van der Waals surface area contributed by atoms with Gasteiger partial charge in [0, 0.05) is 30.8 Å². The highest BCUT2D eigenvalue weighted by Crippen LogP contribution is 2.35. The molecule has 0 radical (unpaired) electrons. The quantitative estimate of drug-likeness (QED) is 0.264. The van der Waals surface area contributed by atoms with Crippen molar-refractivity contribution in [1.82, 2.24) is 15.4 Å². The summed E-state index contributed by atoms with van der Waals surface area (Å²) in [5.41, 5.74) is 2.84. The van der Waals surface area contributed by atoms with Crippen molar-refractivity contribution in [3.05, 3.63) is 53.2 Å². The number of hydroxylamine groups is 1. The number of benzene rings is 2. The standard InChI is InChI=1S/C22H19ClFN3O3S.C2H7NO/c1-22(24)11-27(12-22)21(31)26-17-4-3-14(8-16(17)23)30-19-5-6-25-18-9-20(29-2)13(10-28)7-15(18)19;1-3-4-2/h3-10H,11-12H2,1-2H3,(H,26,31);3H,1-2H3. The van der Waals surface area contributed by atoms with Crippen LogP contribution in [0.2, 0.25) is 5.02 Å². The molecule has 1 saturated heterocycles. The van der Waals surface area contributed by atoms with E-state index in [0.29, 0.717) is 49.5 Å². The van der Waals surface area contributed by atoms with Crippen LogP contribution in [0.4, 0.5) is 10.1 Å². The number of carbonyl (C=O) groups excluding carboxylic acids is 1. The largest absolute Gasteiger partial charge is 0.496 e. The van der Waals surface area contributed by atoms with Gasteiger partial charge in [0.15, 0.2) is 11.4 Å². The van der Waals surface area contributed by atoms with Gasteiger partial charge in [0.25, 0.3) is 0 Å². The molecule has 1 fully saturated rings. The van der Waals surface area contributed by atoms with Crippen LogP contribution in [0.5, 0.6) is 17.2 Å². The maximum Gasteiger partial charge on any atom is 0.173 e. The molecule has 2 heterocycles. The molecule has 0 saturated carbocycles. The molecule has 3 aromatic rings.